The number of aryl methyl sites for hydroxylation is 1. The lowest BCUT2D eigenvalue weighted by Crippen LogP contribution is -2.07. The lowest BCUT2D eigenvalue weighted by molar-refractivity contribution is 0.0429. The molecule has 0 amide bonds. The molecule has 3 rings (SSSR count). The van der Waals surface area contributed by atoms with Crippen LogP contribution in [-0.4, -0.2) is 20.7 Å². The number of hydrogen-bond donors (Lipinski definition) is 0. The Bertz CT molecular complexity index is 818. The van der Waals surface area contributed by atoms with Gasteiger partial charge in [-0.15, -0.1) is 0 Å². The number of ether oxygens (including phenoxy) is 1. The van der Waals surface area contributed by atoms with Crippen molar-refractivity contribution in [2.75, 3.05) is 0 Å². The van der Waals surface area contributed by atoms with Gasteiger partial charge in [0.2, 0.25) is 5.82 Å². The van der Waals surface area contributed by atoms with Gasteiger partial charge >= 0.3 is 5.97 Å². The van der Waals surface area contributed by atoms with Gasteiger partial charge in [0.25, 0.3) is 5.89 Å². The molecule has 0 atom stereocenters. The van der Waals surface area contributed by atoms with Gasteiger partial charge in [0.05, 0.1) is 5.56 Å². The van der Waals surface area contributed by atoms with Crippen LogP contribution in [0.25, 0.3) is 11.4 Å². The van der Waals surface area contributed by atoms with Crippen LogP contribution in [0.1, 0.15) is 34.6 Å². The molecule has 0 saturated heterocycles. The minimum atomic E-state index is -0.381. The molecule has 0 saturated carbocycles. The lowest BCUT2D eigenvalue weighted by atomic mass is 10.2. The number of carbonyl (C=O) groups excluding carboxylic acids is 1. The molecule has 3 aromatic heterocycles. The summed E-state index contributed by atoms with van der Waals surface area (Å²) in [6, 6.07) is 3.75. The lowest BCUT2D eigenvalue weighted by Gasteiger charge is -2.05. The average Bonchev–Trinajstić information content (AvgIpc) is 3.24. The van der Waals surface area contributed by atoms with Gasteiger partial charge in [-0.25, -0.2) is 4.79 Å². The summed E-state index contributed by atoms with van der Waals surface area (Å²) in [5.41, 5.74) is 3.40. The molecule has 0 aliphatic carbocycles. The highest BCUT2D eigenvalue weighted by molar-refractivity contribution is 7.08. The predicted octanol–water partition coefficient (Wildman–Crippen LogP) is 3.59. The normalized spacial score (nSPS) is 10.9. The third-order valence-corrected chi connectivity index (χ3v) is 4.37. The Hall–Kier alpha value is -2.41. The minimum absolute atomic E-state index is 0.0359. The number of rotatable bonds is 5. The van der Waals surface area contributed by atoms with Crippen LogP contribution in [0.5, 0.6) is 0 Å². The SMILES string of the molecule is CCn1c(C)cc(C(=O)OCc2nc(-c3ccsc3)no2)c1C. The van der Waals surface area contributed by atoms with Crippen molar-refractivity contribution < 1.29 is 14.1 Å². The van der Waals surface area contributed by atoms with E-state index in [9.17, 15) is 4.79 Å². The fourth-order valence-electron chi connectivity index (χ4n) is 2.52. The number of carbonyl (C=O) groups is 1. The fraction of sp³-hybridized carbons (Fsp3) is 0.312. The molecule has 23 heavy (non-hydrogen) atoms. The maximum atomic E-state index is 12.2. The summed E-state index contributed by atoms with van der Waals surface area (Å²) in [4.78, 5) is 16.5. The van der Waals surface area contributed by atoms with Crippen molar-refractivity contribution in [2.24, 2.45) is 0 Å². The highest BCUT2D eigenvalue weighted by atomic mass is 32.1. The zero-order valence-corrected chi connectivity index (χ0v) is 14.0. The molecule has 0 fully saturated rings. The monoisotopic (exact) mass is 331 g/mol. The maximum absolute atomic E-state index is 12.2. The number of aromatic nitrogens is 3. The Kier molecular flexibility index (Phi) is 4.29. The summed E-state index contributed by atoms with van der Waals surface area (Å²) in [6.45, 7) is 6.71. The molecule has 0 radical (unpaired) electrons. The molecule has 0 unspecified atom stereocenters. The van der Waals surface area contributed by atoms with Gasteiger partial charge in [0.15, 0.2) is 6.61 Å². The standard InChI is InChI=1S/C16H17N3O3S/c1-4-19-10(2)7-13(11(19)3)16(20)21-8-14-17-15(18-22-14)12-5-6-23-9-12/h5-7,9H,4,8H2,1-3H3. The summed E-state index contributed by atoms with van der Waals surface area (Å²) in [6.07, 6.45) is 0. The van der Waals surface area contributed by atoms with Crippen LogP contribution < -0.4 is 0 Å². The highest BCUT2D eigenvalue weighted by Gasteiger charge is 2.18. The average molecular weight is 331 g/mol. The number of thiophene rings is 1. The second-order valence-electron chi connectivity index (χ2n) is 5.13. The Balaban J connectivity index is 1.68. The maximum Gasteiger partial charge on any atom is 0.340 e. The third kappa shape index (κ3) is 3.05. The second kappa shape index (κ2) is 6.37. The van der Waals surface area contributed by atoms with E-state index in [0.717, 1.165) is 23.5 Å². The van der Waals surface area contributed by atoms with Crippen molar-refractivity contribution >= 4 is 17.3 Å². The van der Waals surface area contributed by atoms with Crippen molar-refractivity contribution in [1.29, 1.82) is 0 Å². The zero-order chi connectivity index (χ0) is 16.4. The summed E-state index contributed by atoms with van der Waals surface area (Å²) in [7, 11) is 0. The van der Waals surface area contributed by atoms with E-state index in [2.05, 4.69) is 14.7 Å². The molecular weight excluding hydrogens is 314 g/mol. The van der Waals surface area contributed by atoms with Gasteiger partial charge in [-0.2, -0.15) is 16.3 Å². The summed E-state index contributed by atoms with van der Waals surface area (Å²) in [5, 5.41) is 7.75. The summed E-state index contributed by atoms with van der Waals surface area (Å²) in [5.74, 6) is 0.401. The van der Waals surface area contributed by atoms with Gasteiger partial charge in [-0.05, 0) is 38.3 Å². The van der Waals surface area contributed by atoms with Crippen LogP contribution in [0.4, 0.5) is 0 Å². The first-order valence-corrected chi connectivity index (χ1v) is 8.23. The number of esters is 1. The van der Waals surface area contributed by atoms with E-state index in [-0.39, 0.29) is 18.5 Å². The number of nitrogens with zero attached hydrogens (tertiary/aromatic N) is 3. The highest BCUT2D eigenvalue weighted by Crippen LogP contribution is 2.20. The predicted molar refractivity (Wildman–Crippen MR) is 86.3 cm³/mol. The van der Waals surface area contributed by atoms with Crippen LogP contribution in [0.2, 0.25) is 0 Å². The quantitative estimate of drug-likeness (QED) is 0.668. The molecular formula is C16H17N3O3S. The molecule has 0 aliphatic rings. The first-order valence-electron chi connectivity index (χ1n) is 7.29. The molecule has 120 valence electrons. The van der Waals surface area contributed by atoms with Crippen LogP contribution >= 0.6 is 11.3 Å². The van der Waals surface area contributed by atoms with Crippen molar-refractivity contribution in [1.82, 2.24) is 14.7 Å². The Morgan fingerprint density at radius 2 is 2.26 bits per heavy atom. The van der Waals surface area contributed by atoms with Crippen molar-refractivity contribution in [2.45, 2.75) is 33.9 Å². The molecule has 3 heterocycles. The van der Waals surface area contributed by atoms with E-state index in [0.29, 0.717) is 11.4 Å². The minimum Gasteiger partial charge on any atom is -0.452 e. The van der Waals surface area contributed by atoms with Gasteiger partial charge in [0.1, 0.15) is 0 Å². The third-order valence-electron chi connectivity index (χ3n) is 3.68. The van der Waals surface area contributed by atoms with Crippen LogP contribution in [0.15, 0.2) is 27.4 Å². The van der Waals surface area contributed by atoms with E-state index in [1.165, 1.54) is 0 Å². The summed E-state index contributed by atoms with van der Waals surface area (Å²) >= 11 is 1.56. The first kappa shape index (κ1) is 15.5. The smallest absolute Gasteiger partial charge is 0.340 e. The van der Waals surface area contributed by atoms with Gasteiger partial charge in [0, 0.05) is 28.9 Å². The first-order chi connectivity index (χ1) is 11.1. The van der Waals surface area contributed by atoms with E-state index in [4.69, 9.17) is 9.26 Å². The Labute approximate surface area is 137 Å². The molecule has 0 spiro atoms. The van der Waals surface area contributed by atoms with Crippen LogP contribution in [0.3, 0.4) is 0 Å². The second-order valence-corrected chi connectivity index (χ2v) is 5.91. The van der Waals surface area contributed by atoms with E-state index < -0.39 is 0 Å². The van der Waals surface area contributed by atoms with Gasteiger partial charge < -0.3 is 13.8 Å². The molecule has 0 aliphatic heterocycles. The molecule has 0 bridgehead atoms. The molecule has 7 heteroatoms. The van der Waals surface area contributed by atoms with Crippen LogP contribution in [-0.2, 0) is 17.9 Å². The van der Waals surface area contributed by atoms with E-state index >= 15 is 0 Å². The van der Waals surface area contributed by atoms with Crippen molar-refractivity contribution in [3.8, 4) is 11.4 Å². The number of hydrogen-bond acceptors (Lipinski definition) is 6. The Morgan fingerprint density at radius 3 is 2.91 bits per heavy atom. The largest absolute Gasteiger partial charge is 0.452 e. The Morgan fingerprint density at radius 1 is 1.43 bits per heavy atom. The summed E-state index contributed by atoms with van der Waals surface area (Å²) < 4.78 is 12.5. The van der Waals surface area contributed by atoms with Crippen molar-refractivity contribution in [3.63, 3.8) is 0 Å². The molecule has 0 aromatic carbocycles. The van der Waals surface area contributed by atoms with Crippen molar-refractivity contribution in [3.05, 3.63) is 45.7 Å². The van der Waals surface area contributed by atoms with Crippen LogP contribution in [0, 0.1) is 13.8 Å². The molecule has 0 N–H and O–H groups in total. The van der Waals surface area contributed by atoms with E-state index in [1.807, 2.05) is 43.7 Å². The van der Waals surface area contributed by atoms with Gasteiger partial charge in [-0.3, -0.25) is 0 Å². The molecule has 3 aromatic rings. The molecule has 6 nitrogen and oxygen atoms in total. The zero-order valence-electron chi connectivity index (χ0n) is 13.2. The van der Waals surface area contributed by atoms with Gasteiger partial charge in [-0.1, -0.05) is 5.16 Å². The fourth-order valence-corrected chi connectivity index (χ4v) is 3.16. The topological polar surface area (TPSA) is 70.2 Å². The van der Waals surface area contributed by atoms with E-state index in [1.54, 1.807) is 11.3 Å².